The van der Waals surface area contributed by atoms with Crippen LogP contribution in [0.1, 0.15) is 32.3 Å². The van der Waals surface area contributed by atoms with Crippen LogP contribution in [0.25, 0.3) is 0 Å². The Morgan fingerprint density at radius 1 is 1.24 bits per heavy atom. The Labute approximate surface area is 175 Å². The molecule has 162 valence electrons. The lowest BCUT2D eigenvalue weighted by Crippen LogP contribution is -2.44. The van der Waals surface area contributed by atoms with Crippen molar-refractivity contribution in [3.05, 3.63) is 35.9 Å². The van der Waals surface area contributed by atoms with Crippen LogP contribution in [0.3, 0.4) is 0 Å². The Kier molecular flexibility index (Phi) is 7.54. The van der Waals surface area contributed by atoms with E-state index in [1.165, 1.54) is 11.8 Å². The number of hydrogen-bond acceptors (Lipinski definition) is 4. The van der Waals surface area contributed by atoms with Gasteiger partial charge in [-0.15, -0.1) is 0 Å². The molecule has 1 aromatic carbocycles. The van der Waals surface area contributed by atoms with Gasteiger partial charge in [0, 0.05) is 51.4 Å². The molecule has 0 spiro atoms. The van der Waals surface area contributed by atoms with E-state index in [0.717, 1.165) is 38.4 Å². The lowest BCUT2D eigenvalue weighted by molar-refractivity contribution is 0.258. The minimum Gasteiger partial charge on any atom is -0.357 e. The summed E-state index contributed by atoms with van der Waals surface area (Å²) in [4.78, 5) is 7.28. The molecule has 3 atom stereocenters. The maximum absolute atomic E-state index is 11.7. The molecule has 0 aromatic heterocycles. The molecule has 1 aromatic rings. The van der Waals surface area contributed by atoms with Crippen molar-refractivity contribution in [1.29, 1.82) is 0 Å². The van der Waals surface area contributed by atoms with Crippen molar-refractivity contribution in [1.82, 2.24) is 19.8 Å². The number of rotatable bonds is 7. The molecular weight excluding hydrogens is 386 g/mol. The molecule has 2 fully saturated rings. The summed E-state index contributed by atoms with van der Waals surface area (Å²) in [5.41, 5.74) is 1.34. The number of guanidine groups is 1. The molecule has 0 saturated carbocycles. The van der Waals surface area contributed by atoms with Crippen molar-refractivity contribution in [3.63, 3.8) is 0 Å². The van der Waals surface area contributed by atoms with Crippen LogP contribution in [0.2, 0.25) is 0 Å². The van der Waals surface area contributed by atoms with E-state index < -0.39 is 10.0 Å². The molecule has 0 radical (unpaired) electrons. The van der Waals surface area contributed by atoms with Gasteiger partial charge in [-0.05, 0) is 38.2 Å². The van der Waals surface area contributed by atoms with Gasteiger partial charge in [-0.25, -0.2) is 12.7 Å². The summed E-state index contributed by atoms with van der Waals surface area (Å²) < 4.78 is 25.0. The first-order valence-corrected chi connectivity index (χ1v) is 12.5. The third-order valence-corrected chi connectivity index (χ3v) is 7.11. The summed E-state index contributed by atoms with van der Waals surface area (Å²) >= 11 is 0. The number of benzene rings is 1. The number of sulfonamides is 1. The molecule has 2 N–H and O–H groups in total. The van der Waals surface area contributed by atoms with Crippen LogP contribution >= 0.6 is 0 Å². The number of nitrogens with zero attached hydrogens (tertiary/aromatic N) is 3. The van der Waals surface area contributed by atoms with Crippen molar-refractivity contribution < 1.29 is 8.42 Å². The van der Waals surface area contributed by atoms with Crippen molar-refractivity contribution in [2.45, 2.75) is 45.3 Å². The third-order valence-electron chi connectivity index (χ3n) is 5.84. The van der Waals surface area contributed by atoms with Crippen LogP contribution < -0.4 is 10.6 Å². The van der Waals surface area contributed by atoms with Gasteiger partial charge in [0.25, 0.3) is 0 Å². The molecule has 2 heterocycles. The van der Waals surface area contributed by atoms with E-state index >= 15 is 0 Å². The van der Waals surface area contributed by atoms with Crippen molar-refractivity contribution in [2.24, 2.45) is 10.9 Å². The zero-order valence-electron chi connectivity index (χ0n) is 17.8. The number of likely N-dealkylation sites (tertiary alicyclic amines) is 1. The average Bonchev–Trinajstić information content (AvgIpc) is 3.28. The van der Waals surface area contributed by atoms with Crippen LogP contribution in [-0.4, -0.2) is 74.6 Å². The second kappa shape index (κ2) is 9.91. The first kappa shape index (κ1) is 22.1. The summed E-state index contributed by atoms with van der Waals surface area (Å²) in [5, 5.41) is 6.94. The minimum atomic E-state index is -3.09. The molecule has 8 heteroatoms. The van der Waals surface area contributed by atoms with Crippen molar-refractivity contribution in [3.8, 4) is 0 Å². The molecular formula is C21H35N5O2S. The molecule has 2 saturated heterocycles. The van der Waals surface area contributed by atoms with Gasteiger partial charge in [0.1, 0.15) is 0 Å². The highest BCUT2D eigenvalue weighted by molar-refractivity contribution is 7.88. The van der Waals surface area contributed by atoms with E-state index in [4.69, 9.17) is 4.99 Å². The number of hydrogen-bond donors (Lipinski definition) is 2. The lowest BCUT2D eigenvalue weighted by atomic mass is 10.1. The smallest absolute Gasteiger partial charge is 0.211 e. The quantitative estimate of drug-likeness (QED) is 0.515. The zero-order chi connectivity index (χ0) is 20.9. The fourth-order valence-corrected chi connectivity index (χ4v) is 5.14. The fourth-order valence-electron chi connectivity index (χ4n) is 4.22. The third kappa shape index (κ3) is 6.42. The second-order valence-electron chi connectivity index (χ2n) is 8.34. The Bertz CT molecular complexity index is 784. The van der Waals surface area contributed by atoms with E-state index in [0.29, 0.717) is 31.7 Å². The second-order valence-corrected chi connectivity index (χ2v) is 10.3. The number of nitrogens with one attached hydrogen (secondary N) is 2. The predicted octanol–water partition coefficient (Wildman–Crippen LogP) is 1.49. The standard InChI is InChI=1S/C21H35N5O2S/c1-4-22-21(23-13-19-10-11-26(15-19)29(3,27)28)24-20-12-17(2)25(16-20)14-18-8-6-5-7-9-18/h5-9,17,19-20H,4,10-16H2,1-3H3,(H2,22,23,24). The molecule has 0 bridgehead atoms. The molecule has 3 unspecified atom stereocenters. The minimum absolute atomic E-state index is 0.289. The maximum atomic E-state index is 11.7. The predicted molar refractivity (Wildman–Crippen MR) is 118 cm³/mol. The summed E-state index contributed by atoms with van der Waals surface area (Å²) in [6.07, 6.45) is 3.25. The molecule has 29 heavy (non-hydrogen) atoms. The van der Waals surface area contributed by atoms with Gasteiger partial charge in [0.15, 0.2) is 5.96 Å². The van der Waals surface area contributed by atoms with Gasteiger partial charge in [-0.2, -0.15) is 0 Å². The molecule has 2 aliphatic rings. The van der Waals surface area contributed by atoms with Crippen LogP contribution in [0.5, 0.6) is 0 Å². The molecule has 0 aliphatic carbocycles. The highest BCUT2D eigenvalue weighted by Gasteiger charge is 2.30. The monoisotopic (exact) mass is 421 g/mol. The summed E-state index contributed by atoms with van der Waals surface area (Å²) in [7, 11) is -3.09. The average molecular weight is 422 g/mol. The highest BCUT2D eigenvalue weighted by atomic mass is 32.2. The Morgan fingerprint density at radius 2 is 2.00 bits per heavy atom. The van der Waals surface area contributed by atoms with Gasteiger partial charge in [-0.3, -0.25) is 9.89 Å². The van der Waals surface area contributed by atoms with Crippen molar-refractivity contribution >= 4 is 16.0 Å². The SMILES string of the molecule is CCNC(=NCC1CCN(S(C)(=O)=O)C1)NC1CC(C)N(Cc2ccccc2)C1. The van der Waals surface area contributed by atoms with Gasteiger partial charge >= 0.3 is 0 Å². The summed E-state index contributed by atoms with van der Waals surface area (Å²) in [6.45, 7) is 8.96. The van der Waals surface area contributed by atoms with Gasteiger partial charge in [-0.1, -0.05) is 30.3 Å². The first-order valence-electron chi connectivity index (χ1n) is 10.6. The van der Waals surface area contributed by atoms with E-state index in [-0.39, 0.29) is 5.92 Å². The van der Waals surface area contributed by atoms with Crippen LogP contribution in [0.4, 0.5) is 0 Å². The van der Waals surface area contributed by atoms with E-state index in [2.05, 4.69) is 59.7 Å². The molecule has 0 amide bonds. The van der Waals surface area contributed by atoms with Crippen LogP contribution in [0, 0.1) is 5.92 Å². The lowest BCUT2D eigenvalue weighted by Gasteiger charge is -2.21. The summed E-state index contributed by atoms with van der Waals surface area (Å²) in [6, 6.07) is 11.5. The van der Waals surface area contributed by atoms with Crippen LogP contribution in [-0.2, 0) is 16.6 Å². The van der Waals surface area contributed by atoms with E-state index in [9.17, 15) is 8.42 Å². The Hall–Kier alpha value is -1.64. The highest BCUT2D eigenvalue weighted by Crippen LogP contribution is 2.21. The van der Waals surface area contributed by atoms with Gasteiger partial charge < -0.3 is 10.6 Å². The van der Waals surface area contributed by atoms with Gasteiger partial charge in [0.2, 0.25) is 10.0 Å². The number of aliphatic imine (C=N–C) groups is 1. The Balaban J connectivity index is 1.53. The van der Waals surface area contributed by atoms with Crippen LogP contribution in [0.15, 0.2) is 35.3 Å². The van der Waals surface area contributed by atoms with Gasteiger partial charge in [0.05, 0.1) is 6.26 Å². The molecule has 7 nitrogen and oxygen atoms in total. The van der Waals surface area contributed by atoms with E-state index in [1.807, 2.05) is 0 Å². The Morgan fingerprint density at radius 3 is 2.66 bits per heavy atom. The van der Waals surface area contributed by atoms with Crippen molar-refractivity contribution in [2.75, 3.05) is 39.0 Å². The first-order chi connectivity index (χ1) is 13.8. The zero-order valence-corrected chi connectivity index (χ0v) is 18.7. The van der Waals surface area contributed by atoms with E-state index in [1.54, 1.807) is 4.31 Å². The fraction of sp³-hybridized carbons (Fsp3) is 0.667. The maximum Gasteiger partial charge on any atom is 0.211 e. The summed E-state index contributed by atoms with van der Waals surface area (Å²) in [5.74, 6) is 1.13. The normalized spacial score (nSPS) is 26.7. The molecule has 2 aliphatic heterocycles. The topological polar surface area (TPSA) is 77.0 Å². The molecule has 3 rings (SSSR count). The largest absolute Gasteiger partial charge is 0.357 e.